The number of hydrogen-bond acceptors (Lipinski definition) is 4. The summed E-state index contributed by atoms with van der Waals surface area (Å²) < 4.78 is 19.3. The topological polar surface area (TPSA) is 64.4 Å². The van der Waals surface area contributed by atoms with Gasteiger partial charge in [0.25, 0.3) is 5.69 Å². The van der Waals surface area contributed by atoms with Gasteiger partial charge >= 0.3 is 0 Å². The van der Waals surface area contributed by atoms with E-state index in [1.54, 1.807) is 13.1 Å². The maximum Gasteiger partial charge on any atom is 0.269 e. The zero-order chi connectivity index (χ0) is 15.4. The minimum atomic E-state index is -0.471. The molecule has 0 aliphatic carbocycles. The molecule has 0 aromatic heterocycles. The first kappa shape index (κ1) is 15.2. The molecule has 2 rings (SSSR count). The molecule has 0 saturated carbocycles. The second kappa shape index (κ2) is 6.53. The van der Waals surface area contributed by atoms with Gasteiger partial charge in [-0.25, -0.2) is 4.39 Å². The summed E-state index contributed by atoms with van der Waals surface area (Å²) in [5.41, 5.74) is 1.31. The fourth-order valence-corrected chi connectivity index (χ4v) is 2.16. The van der Waals surface area contributed by atoms with Crippen molar-refractivity contribution in [2.24, 2.45) is 0 Å². The van der Waals surface area contributed by atoms with Crippen LogP contribution in [-0.2, 0) is 6.61 Å². The number of halogens is 2. The summed E-state index contributed by atoms with van der Waals surface area (Å²) in [6.45, 7) is 0.0832. The molecule has 0 bridgehead atoms. The van der Waals surface area contributed by atoms with Crippen LogP contribution in [0.4, 0.5) is 15.8 Å². The highest BCUT2D eigenvalue weighted by Crippen LogP contribution is 2.28. The molecule has 2 aromatic rings. The van der Waals surface area contributed by atoms with Crippen LogP contribution in [0.2, 0.25) is 0 Å². The zero-order valence-corrected chi connectivity index (χ0v) is 12.7. The van der Waals surface area contributed by atoms with Crippen LogP contribution in [0, 0.1) is 15.9 Å². The first-order valence-electron chi connectivity index (χ1n) is 6.04. The van der Waals surface area contributed by atoms with Gasteiger partial charge in [-0.3, -0.25) is 10.1 Å². The Hall–Kier alpha value is -2.15. The number of nitrogens with zero attached hydrogens (tertiary/aromatic N) is 1. The summed E-state index contributed by atoms with van der Waals surface area (Å²) in [6, 6.07) is 8.55. The van der Waals surface area contributed by atoms with Gasteiger partial charge in [-0.2, -0.15) is 0 Å². The van der Waals surface area contributed by atoms with E-state index in [2.05, 4.69) is 21.2 Å². The molecule has 0 unspecified atom stereocenters. The van der Waals surface area contributed by atoms with E-state index in [1.165, 1.54) is 30.3 Å². The number of hydrogen-bond donors (Lipinski definition) is 1. The molecule has 0 amide bonds. The van der Waals surface area contributed by atoms with Crippen LogP contribution in [0.15, 0.2) is 40.9 Å². The minimum Gasteiger partial charge on any atom is -0.488 e. The Kier molecular flexibility index (Phi) is 4.74. The van der Waals surface area contributed by atoms with Gasteiger partial charge in [-0.1, -0.05) is 0 Å². The van der Waals surface area contributed by atoms with Crippen LogP contribution < -0.4 is 10.1 Å². The van der Waals surface area contributed by atoms with Gasteiger partial charge in [0.05, 0.1) is 9.40 Å². The SMILES string of the molecule is CNc1ccc([N+](=O)[O-])cc1COc1cc(F)ccc1Br. The zero-order valence-electron chi connectivity index (χ0n) is 11.1. The van der Waals surface area contributed by atoms with E-state index in [0.717, 1.165) is 0 Å². The predicted octanol–water partition coefficient (Wildman–Crippen LogP) is 4.12. The van der Waals surface area contributed by atoms with Gasteiger partial charge in [0, 0.05) is 36.5 Å². The van der Waals surface area contributed by atoms with Crippen LogP contribution >= 0.6 is 15.9 Å². The molecule has 21 heavy (non-hydrogen) atoms. The van der Waals surface area contributed by atoms with Crippen molar-refractivity contribution < 1.29 is 14.1 Å². The molecule has 7 heteroatoms. The smallest absolute Gasteiger partial charge is 0.269 e. The molecule has 110 valence electrons. The van der Waals surface area contributed by atoms with Crippen molar-refractivity contribution >= 4 is 27.3 Å². The van der Waals surface area contributed by atoms with E-state index in [4.69, 9.17) is 4.74 Å². The third kappa shape index (κ3) is 3.69. The number of anilines is 1. The summed E-state index contributed by atoms with van der Waals surface area (Å²) in [7, 11) is 1.71. The van der Waals surface area contributed by atoms with Gasteiger partial charge in [-0.05, 0) is 34.1 Å². The van der Waals surface area contributed by atoms with E-state index >= 15 is 0 Å². The summed E-state index contributed by atoms with van der Waals surface area (Å²) in [6.07, 6.45) is 0. The molecule has 0 aliphatic heterocycles. The Morgan fingerprint density at radius 2 is 2.10 bits per heavy atom. The van der Waals surface area contributed by atoms with Crippen molar-refractivity contribution in [3.05, 3.63) is 62.4 Å². The van der Waals surface area contributed by atoms with Gasteiger partial charge in [-0.15, -0.1) is 0 Å². The quantitative estimate of drug-likeness (QED) is 0.647. The van der Waals surface area contributed by atoms with E-state index < -0.39 is 10.7 Å². The minimum absolute atomic E-state index is 0.0223. The van der Waals surface area contributed by atoms with Crippen LogP contribution in [0.1, 0.15) is 5.56 Å². The molecular weight excluding hydrogens is 343 g/mol. The summed E-state index contributed by atoms with van der Waals surface area (Å²) in [4.78, 5) is 10.3. The van der Waals surface area contributed by atoms with Crippen LogP contribution in [0.3, 0.4) is 0 Å². The molecular formula is C14H12BrFN2O3. The maximum atomic E-state index is 13.2. The number of nitrogens with one attached hydrogen (secondary N) is 1. The number of nitro benzene ring substituents is 1. The lowest BCUT2D eigenvalue weighted by Crippen LogP contribution is -2.02. The fourth-order valence-electron chi connectivity index (χ4n) is 1.80. The first-order valence-corrected chi connectivity index (χ1v) is 6.83. The second-order valence-corrected chi connectivity index (χ2v) is 5.07. The second-order valence-electron chi connectivity index (χ2n) is 4.21. The lowest BCUT2D eigenvalue weighted by molar-refractivity contribution is -0.384. The fraction of sp³-hybridized carbons (Fsp3) is 0.143. The lowest BCUT2D eigenvalue weighted by Gasteiger charge is -2.12. The molecule has 0 spiro atoms. The number of ether oxygens (including phenoxy) is 1. The van der Waals surface area contributed by atoms with Gasteiger partial charge in [0.2, 0.25) is 0 Å². The third-order valence-corrected chi connectivity index (χ3v) is 3.50. The van der Waals surface area contributed by atoms with Crippen molar-refractivity contribution in [2.45, 2.75) is 6.61 Å². The van der Waals surface area contributed by atoms with Crippen molar-refractivity contribution in [2.75, 3.05) is 12.4 Å². The molecule has 0 atom stereocenters. The van der Waals surface area contributed by atoms with Gasteiger partial charge < -0.3 is 10.1 Å². The number of benzene rings is 2. The molecule has 0 saturated heterocycles. The third-order valence-electron chi connectivity index (χ3n) is 2.85. The normalized spacial score (nSPS) is 10.2. The van der Waals surface area contributed by atoms with Gasteiger partial charge in [0.1, 0.15) is 18.2 Å². The summed E-state index contributed by atoms with van der Waals surface area (Å²) in [5, 5.41) is 13.7. The summed E-state index contributed by atoms with van der Waals surface area (Å²) in [5.74, 6) is -0.0790. The van der Waals surface area contributed by atoms with E-state index in [1.807, 2.05) is 0 Å². The van der Waals surface area contributed by atoms with Crippen LogP contribution in [-0.4, -0.2) is 12.0 Å². The highest BCUT2D eigenvalue weighted by atomic mass is 79.9. The van der Waals surface area contributed by atoms with E-state index in [-0.39, 0.29) is 12.3 Å². The van der Waals surface area contributed by atoms with Crippen LogP contribution in [0.5, 0.6) is 5.75 Å². The Morgan fingerprint density at radius 3 is 2.76 bits per heavy atom. The highest BCUT2D eigenvalue weighted by molar-refractivity contribution is 9.10. The van der Waals surface area contributed by atoms with Gasteiger partial charge in [0.15, 0.2) is 0 Å². The molecule has 0 fully saturated rings. The molecule has 5 nitrogen and oxygen atoms in total. The Balaban J connectivity index is 2.24. The number of rotatable bonds is 5. The van der Waals surface area contributed by atoms with Crippen molar-refractivity contribution in [3.8, 4) is 5.75 Å². The Bertz CT molecular complexity index is 679. The monoisotopic (exact) mass is 354 g/mol. The molecule has 0 aliphatic rings. The molecule has 1 N–H and O–H groups in total. The standard InChI is InChI=1S/C14H12BrFN2O3/c1-17-13-5-3-11(18(19)20)6-9(13)8-21-14-7-10(16)2-4-12(14)15/h2-7,17H,8H2,1H3. The average molecular weight is 355 g/mol. The molecule has 0 radical (unpaired) electrons. The molecule has 2 aromatic carbocycles. The first-order chi connectivity index (χ1) is 10.0. The summed E-state index contributed by atoms with van der Waals surface area (Å²) >= 11 is 3.26. The Labute approximate surface area is 129 Å². The van der Waals surface area contributed by atoms with E-state index in [0.29, 0.717) is 21.5 Å². The maximum absolute atomic E-state index is 13.2. The van der Waals surface area contributed by atoms with E-state index in [9.17, 15) is 14.5 Å². The Morgan fingerprint density at radius 1 is 1.33 bits per heavy atom. The number of non-ortho nitro benzene ring substituents is 1. The number of nitro groups is 1. The molecule has 0 heterocycles. The predicted molar refractivity (Wildman–Crippen MR) is 81.1 cm³/mol. The highest BCUT2D eigenvalue weighted by Gasteiger charge is 2.11. The largest absolute Gasteiger partial charge is 0.488 e. The van der Waals surface area contributed by atoms with Crippen molar-refractivity contribution in [1.29, 1.82) is 0 Å². The van der Waals surface area contributed by atoms with Crippen molar-refractivity contribution in [1.82, 2.24) is 0 Å². The lowest BCUT2D eigenvalue weighted by atomic mass is 10.1. The van der Waals surface area contributed by atoms with Crippen LogP contribution in [0.25, 0.3) is 0 Å². The average Bonchev–Trinajstić information content (AvgIpc) is 2.47. The van der Waals surface area contributed by atoms with Crippen molar-refractivity contribution in [3.63, 3.8) is 0 Å².